The third kappa shape index (κ3) is 4.52. The lowest BCUT2D eigenvalue weighted by Crippen LogP contribution is -2.39. The maximum Gasteiger partial charge on any atom is 0.126 e. The largest absolute Gasteiger partial charge is 0.312 e. The minimum Gasteiger partial charge on any atom is -0.312 e. The number of nitrogens with zero attached hydrogens (tertiary/aromatic N) is 1. The number of hydrogen-bond donors (Lipinski definition) is 1. The van der Waals surface area contributed by atoms with Crippen LogP contribution in [-0.2, 0) is 0 Å². The maximum absolute atomic E-state index is 13.7. The predicted octanol–water partition coefficient (Wildman–Crippen LogP) is 3.91. The second-order valence-corrected chi connectivity index (χ2v) is 7.47. The van der Waals surface area contributed by atoms with Gasteiger partial charge in [0.25, 0.3) is 0 Å². The van der Waals surface area contributed by atoms with E-state index in [4.69, 9.17) is 0 Å². The average Bonchev–Trinajstić information content (AvgIpc) is 2.87. The molecule has 3 heteroatoms. The zero-order valence-electron chi connectivity index (χ0n) is 14.0. The fourth-order valence-corrected chi connectivity index (χ4v) is 2.91. The Bertz CT molecular complexity index is 479. The van der Waals surface area contributed by atoms with Crippen molar-refractivity contribution in [3.8, 4) is 0 Å². The van der Waals surface area contributed by atoms with Crippen LogP contribution in [0.15, 0.2) is 18.2 Å². The minimum atomic E-state index is -0.0931. The Kier molecular flexibility index (Phi) is 5.05. The van der Waals surface area contributed by atoms with Crippen molar-refractivity contribution in [2.75, 3.05) is 19.6 Å². The van der Waals surface area contributed by atoms with Gasteiger partial charge in [0.2, 0.25) is 0 Å². The number of benzene rings is 1. The molecule has 0 radical (unpaired) electrons. The van der Waals surface area contributed by atoms with Gasteiger partial charge >= 0.3 is 0 Å². The van der Waals surface area contributed by atoms with Crippen LogP contribution in [0.2, 0.25) is 0 Å². The van der Waals surface area contributed by atoms with Gasteiger partial charge in [0.1, 0.15) is 5.82 Å². The number of aryl methyl sites for hydroxylation is 1. The van der Waals surface area contributed by atoms with Crippen molar-refractivity contribution in [1.82, 2.24) is 10.2 Å². The third-order valence-corrected chi connectivity index (χ3v) is 4.46. The Morgan fingerprint density at radius 3 is 2.71 bits per heavy atom. The first-order valence-electron chi connectivity index (χ1n) is 8.01. The SMILES string of the molecule is Cc1ccc(C(C)N2CCC(CNC(C)(C)C)C2)cc1F. The van der Waals surface area contributed by atoms with Gasteiger partial charge in [-0.05, 0) is 77.2 Å². The lowest BCUT2D eigenvalue weighted by Gasteiger charge is -2.26. The molecule has 0 spiro atoms. The van der Waals surface area contributed by atoms with Gasteiger partial charge in [-0.1, -0.05) is 12.1 Å². The van der Waals surface area contributed by atoms with Crippen LogP contribution < -0.4 is 5.32 Å². The van der Waals surface area contributed by atoms with Crippen LogP contribution in [0.4, 0.5) is 4.39 Å². The average molecular weight is 292 g/mol. The van der Waals surface area contributed by atoms with Crippen LogP contribution in [0, 0.1) is 18.7 Å². The number of halogens is 1. The Labute approximate surface area is 128 Å². The van der Waals surface area contributed by atoms with Gasteiger partial charge in [0, 0.05) is 18.1 Å². The number of hydrogen-bond acceptors (Lipinski definition) is 2. The molecule has 1 aliphatic heterocycles. The molecule has 1 aromatic rings. The summed E-state index contributed by atoms with van der Waals surface area (Å²) >= 11 is 0. The van der Waals surface area contributed by atoms with Gasteiger partial charge in [-0.15, -0.1) is 0 Å². The summed E-state index contributed by atoms with van der Waals surface area (Å²) in [7, 11) is 0. The highest BCUT2D eigenvalue weighted by Gasteiger charge is 2.27. The quantitative estimate of drug-likeness (QED) is 0.905. The van der Waals surface area contributed by atoms with E-state index in [0.29, 0.717) is 12.0 Å². The molecule has 1 N–H and O–H groups in total. The summed E-state index contributed by atoms with van der Waals surface area (Å²) in [5.74, 6) is 0.603. The van der Waals surface area contributed by atoms with Crippen molar-refractivity contribution >= 4 is 0 Å². The second-order valence-electron chi connectivity index (χ2n) is 7.47. The molecule has 1 fully saturated rings. The first-order valence-corrected chi connectivity index (χ1v) is 8.01. The van der Waals surface area contributed by atoms with Crippen molar-refractivity contribution < 1.29 is 4.39 Å². The van der Waals surface area contributed by atoms with Crippen LogP contribution in [0.25, 0.3) is 0 Å². The summed E-state index contributed by atoms with van der Waals surface area (Å²) in [6.07, 6.45) is 1.22. The van der Waals surface area contributed by atoms with Gasteiger partial charge in [0.15, 0.2) is 0 Å². The summed E-state index contributed by atoms with van der Waals surface area (Å²) < 4.78 is 13.7. The fraction of sp³-hybridized carbons (Fsp3) is 0.667. The summed E-state index contributed by atoms with van der Waals surface area (Å²) in [6, 6.07) is 5.93. The Balaban J connectivity index is 1.92. The van der Waals surface area contributed by atoms with Crippen molar-refractivity contribution in [2.45, 2.75) is 52.6 Å². The van der Waals surface area contributed by atoms with E-state index in [0.717, 1.165) is 30.8 Å². The number of nitrogens with one attached hydrogen (secondary N) is 1. The Morgan fingerprint density at radius 1 is 1.38 bits per heavy atom. The van der Waals surface area contributed by atoms with E-state index in [1.165, 1.54) is 6.42 Å². The van der Waals surface area contributed by atoms with Crippen LogP contribution in [0.3, 0.4) is 0 Å². The van der Waals surface area contributed by atoms with Crippen molar-refractivity contribution in [1.29, 1.82) is 0 Å². The molecule has 2 nitrogen and oxygen atoms in total. The molecule has 0 bridgehead atoms. The molecule has 1 heterocycles. The van der Waals surface area contributed by atoms with Crippen LogP contribution in [0.1, 0.15) is 51.3 Å². The molecule has 0 amide bonds. The predicted molar refractivity (Wildman–Crippen MR) is 87.0 cm³/mol. The maximum atomic E-state index is 13.7. The molecule has 0 saturated carbocycles. The summed E-state index contributed by atoms with van der Waals surface area (Å²) in [6.45, 7) is 13.9. The smallest absolute Gasteiger partial charge is 0.126 e. The number of likely N-dealkylation sites (tertiary alicyclic amines) is 1. The molecule has 2 atom stereocenters. The van der Waals surface area contributed by atoms with E-state index in [9.17, 15) is 4.39 Å². The molecular weight excluding hydrogens is 263 g/mol. The molecule has 21 heavy (non-hydrogen) atoms. The van der Waals surface area contributed by atoms with Crippen molar-refractivity contribution in [3.05, 3.63) is 35.1 Å². The zero-order chi connectivity index (χ0) is 15.6. The lowest BCUT2D eigenvalue weighted by atomic mass is 10.0. The molecule has 0 aromatic heterocycles. The van der Waals surface area contributed by atoms with Crippen LogP contribution in [0.5, 0.6) is 0 Å². The second kappa shape index (κ2) is 6.45. The fourth-order valence-electron chi connectivity index (χ4n) is 2.91. The zero-order valence-corrected chi connectivity index (χ0v) is 14.0. The first kappa shape index (κ1) is 16.4. The topological polar surface area (TPSA) is 15.3 Å². The highest BCUT2D eigenvalue weighted by molar-refractivity contribution is 5.25. The summed E-state index contributed by atoms with van der Waals surface area (Å²) in [5.41, 5.74) is 1.99. The van der Waals surface area contributed by atoms with E-state index < -0.39 is 0 Å². The molecular formula is C18H29FN2. The van der Waals surface area contributed by atoms with Gasteiger partial charge in [-0.3, -0.25) is 4.90 Å². The highest BCUT2D eigenvalue weighted by atomic mass is 19.1. The van der Waals surface area contributed by atoms with E-state index in [2.05, 4.69) is 44.0 Å². The summed E-state index contributed by atoms with van der Waals surface area (Å²) in [4.78, 5) is 2.47. The minimum absolute atomic E-state index is 0.0931. The molecule has 2 rings (SSSR count). The standard InChI is InChI=1S/C18H29FN2/c1-13-6-7-16(10-17(13)19)14(2)21-9-8-15(12-21)11-20-18(3,4)5/h6-7,10,14-15,20H,8-9,11-12H2,1-5H3. The van der Waals surface area contributed by atoms with E-state index >= 15 is 0 Å². The first-order chi connectivity index (χ1) is 9.76. The van der Waals surface area contributed by atoms with Crippen molar-refractivity contribution in [2.24, 2.45) is 5.92 Å². The van der Waals surface area contributed by atoms with Crippen LogP contribution >= 0.6 is 0 Å². The Hall–Kier alpha value is -0.930. The summed E-state index contributed by atoms with van der Waals surface area (Å²) in [5, 5.41) is 3.59. The molecule has 1 saturated heterocycles. The molecule has 2 unspecified atom stereocenters. The highest BCUT2D eigenvalue weighted by Crippen LogP contribution is 2.28. The van der Waals surface area contributed by atoms with E-state index in [1.807, 2.05) is 13.0 Å². The number of rotatable bonds is 4. The lowest BCUT2D eigenvalue weighted by molar-refractivity contribution is 0.248. The normalized spacial score (nSPS) is 21.7. The van der Waals surface area contributed by atoms with Gasteiger partial charge in [-0.25, -0.2) is 4.39 Å². The molecule has 1 aromatic carbocycles. The van der Waals surface area contributed by atoms with E-state index in [-0.39, 0.29) is 11.4 Å². The van der Waals surface area contributed by atoms with Crippen LogP contribution in [-0.4, -0.2) is 30.1 Å². The van der Waals surface area contributed by atoms with E-state index in [1.54, 1.807) is 6.07 Å². The monoisotopic (exact) mass is 292 g/mol. The Morgan fingerprint density at radius 2 is 2.10 bits per heavy atom. The van der Waals surface area contributed by atoms with Crippen molar-refractivity contribution in [3.63, 3.8) is 0 Å². The third-order valence-electron chi connectivity index (χ3n) is 4.46. The molecule has 0 aliphatic carbocycles. The molecule has 1 aliphatic rings. The van der Waals surface area contributed by atoms with Gasteiger partial charge in [0.05, 0.1) is 0 Å². The van der Waals surface area contributed by atoms with Gasteiger partial charge in [-0.2, -0.15) is 0 Å². The van der Waals surface area contributed by atoms with Gasteiger partial charge < -0.3 is 5.32 Å². The molecule has 118 valence electrons.